The number of nitrogens with zero attached hydrogens (tertiary/aromatic N) is 1. The van der Waals surface area contributed by atoms with Gasteiger partial charge in [-0.2, -0.15) is 0 Å². The molecule has 0 aromatic heterocycles. The minimum atomic E-state index is -0.0723. The van der Waals surface area contributed by atoms with Gasteiger partial charge in [-0.25, -0.2) is 0 Å². The number of rotatable bonds is 5. The molecule has 1 saturated heterocycles. The van der Waals surface area contributed by atoms with Crippen molar-refractivity contribution in [2.75, 3.05) is 20.1 Å². The predicted octanol–water partition coefficient (Wildman–Crippen LogP) is 1.67. The zero-order chi connectivity index (χ0) is 15.9. The fraction of sp³-hybridized carbons (Fsp3) is 0.882. The average molecular weight is 309 g/mol. The minimum Gasteiger partial charge on any atom is -0.353 e. The molecule has 5 heteroatoms. The van der Waals surface area contributed by atoms with Gasteiger partial charge in [-0.05, 0) is 39.7 Å². The van der Waals surface area contributed by atoms with Gasteiger partial charge in [0.2, 0.25) is 11.8 Å². The van der Waals surface area contributed by atoms with Crippen molar-refractivity contribution in [3.63, 3.8) is 0 Å². The van der Waals surface area contributed by atoms with Gasteiger partial charge >= 0.3 is 0 Å². The predicted molar refractivity (Wildman–Crippen MR) is 87.5 cm³/mol. The van der Waals surface area contributed by atoms with Crippen LogP contribution in [0.4, 0.5) is 0 Å². The van der Waals surface area contributed by atoms with Crippen LogP contribution in [-0.2, 0) is 9.59 Å². The van der Waals surface area contributed by atoms with E-state index in [0.29, 0.717) is 12.5 Å². The third kappa shape index (κ3) is 4.97. The Balaban J connectivity index is 1.74. The average Bonchev–Trinajstić information content (AvgIpc) is 2.55. The van der Waals surface area contributed by atoms with Crippen LogP contribution in [0.1, 0.15) is 58.3 Å². The van der Waals surface area contributed by atoms with E-state index in [9.17, 15) is 9.59 Å². The molecule has 126 valence electrons. The van der Waals surface area contributed by atoms with E-state index >= 15 is 0 Å². The lowest BCUT2D eigenvalue weighted by atomic mass is 9.88. The number of nitrogens with one attached hydrogen (secondary N) is 2. The fourth-order valence-electron chi connectivity index (χ4n) is 3.61. The summed E-state index contributed by atoms with van der Waals surface area (Å²) in [5, 5.41) is 6.30. The lowest BCUT2D eigenvalue weighted by molar-refractivity contribution is -0.133. The van der Waals surface area contributed by atoms with Gasteiger partial charge in [-0.1, -0.05) is 19.3 Å². The highest BCUT2D eigenvalue weighted by Crippen LogP contribution is 2.23. The zero-order valence-corrected chi connectivity index (χ0v) is 14.1. The minimum absolute atomic E-state index is 0.0723. The summed E-state index contributed by atoms with van der Waals surface area (Å²) >= 11 is 0. The Bertz CT molecular complexity index is 380. The Hall–Kier alpha value is -1.10. The zero-order valence-electron chi connectivity index (χ0n) is 14.1. The molecule has 0 radical (unpaired) electrons. The van der Waals surface area contributed by atoms with Crippen LogP contribution < -0.4 is 10.6 Å². The van der Waals surface area contributed by atoms with Crippen LogP contribution in [0.2, 0.25) is 0 Å². The van der Waals surface area contributed by atoms with Crippen LogP contribution in [0.3, 0.4) is 0 Å². The maximum absolute atomic E-state index is 12.4. The highest BCUT2D eigenvalue weighted by atomic mass is 16.2. The number of amides is 2. The fourth-order valence-corrected chi connectivity index (χ4v) is 3.61. The molecular weight excluding hydrogens is 278 g/mol. The lowest BCUT2D eigenvalue weighted by Gasteiger charge is -2.33. The van der Waals surface area contributed by atoms with Crippen molar-refractivity contribution in [3.05, 3.63) is 0 Å². The van der Waals surface area contributed by atoms with E-state index in [1.165, 1.54) is 6.42 Å². The summed E-state index contributed by atoms with van der Waals surface area (Å²) < 4.78 is 0. The Morgan fingerprint density at radius 2 is 1.86 bits per heavy atom. The highest BCUT2D eigenvalue weighted by molar-refractivity contribution is 5.81. The van der Waals surface area contributed by atoms with E-state index in [2.05, 4.69) is 10.6 Å². The first-order valence-corrected chi connectivity index (χ1v) is 8.85. The smallest absolute Gasteiger partial charge is 0.224 e. The van der Waals surface area contributed by atoms with Gasteiger partial charge in [0.1, 0.15) is 0 Å². The summed E-state index contributed by atoms with van der Waals surface area (Å²) in [6.45, 7) is 3.58. The van der Waals surface area contributed by atoms with Crippen LogP contribution in [0.25, 0.3) is 0 Å². The summed E-state index contributed by atoms with van der Waals surface area (Å²) in [6.07, 6.45) is 8.17. The number of carbonyl (C=O) groups is 2. The summed E-state index contributed by atoms with van der Waals surface area (Å²) in [6, 6.07) is 0.335. The van der Waals surface area contributed by atoms with Crippen molar-refractivity contribution in [3.8, 4) is 0 Å². The van der Waals surface area contributed by atoms with E-state index in [1.807, 2.05) is 18.9 Å². The molecule has 2 unspecified atom stereocenters. The first kappa shape index (κ1) is 17.3. The van der Waals surface area contributed by atoms with Crippen LogP contribution in [0, 0.1) is 5.92 Å². The van der Waals surface area contributed by atoms with E-state index in [1.54, 1.807) is 0 Å². The van der Waals surface area contributed by atoms with Gasteiger partial charge in [-0.15, -0.1) is 0 Å². The molecule has 2 aliphatic rings. The largest absolute Gasteiger partial charge is 0.353 e. The molecule has 2 fully saturated rings. The number of hydrogen-bond acceptors (Lipinski definition) is 3. The molecule has 0 bridgehead atoms. The SMILES string of the molecule is CNC1CCCN(C(=O)CC(C)NC(=O)C2CCCCC2)C1. The van der Waals surface area contributed by atoms with E-state index in [4.69, 9.17) is 0 Å². The molecule has 0 aromatic rings. The third-order valence-electron chi connectivity index (χ3n) is 5.03. The van der Waals surface area contributed by atoms with E-state index in [0.717, 1.165) is 51.6 Å². The van der Waals surface area contributed by atoms with Crippen molar-refractivity contribution in [2.45, 2.75) is 70.4 Å². The highest BCUT2D eigenvalue weighted by Gasteiger charge is 2.26. The summed E-state index contributed by atoms with van der Waals surface area (Å²) in [5.41, 5.74) is 0. The van der Waals surface area contributed by atoms with E-state index in [-0.39, 0.29) is 23.8 Å². The standard InChI is InChI=1S/C17H31N3O2/c1-13(19-17(22)14-7-4-3-5-8-14)11-16(21)20-10-6-9-15(12-20)18-2/h13-15,18H,3-12H2,1-2H3,(H,19,22). The molecule has 2 N–H and O–H groups in total. The maximum atomic E-state index is 12.4. The Morgan fingerprint density at radius 1 is 1.14 bits per heavy atom. The maximum Gasteiger partial charge on any atom is 0.224 e. The van der Waals surface area contributed by atoms with Crippen LogP contribution in [-0.4, -0.2) is 48.9 Å². The molecule has 5 nitrogen and oxygen atoms in total. The van der Waals surface area contributed by atoms with Gasteiger partial charge in [0.25, 0.3) is 0 Å². The van der Waals surface area contributed by atoms with Crippen molar-refractivity contribution in [2.24, 2.45) is 5.92 Å². The van der Waals surface area contributed by atoms with Gasteiger partial charge in [0, 0.05) is 37.5 Å². The molecule has 0 spiro atoms. The molecule has 1 heterocycles. The normalized spacial score (nSPS) is 24.8. The number of carbonyl (C=O) groups excluding carboxylic acids is 2. The molecule has 2 amide bonds. The molecular formula is C17H31N3O2. The monoisotopic (exact) mass is 309 g/mol. The molecule has 0 aromatic carbocycles. The molecule has 1 aliphatic carbocycles. The molecule has 1 aliphatic heterocycles. The second-order valence-corrected chi connectivity index (χ2v) is 6.92. The summed E-state index contributed by atoms with van der Waals surface area (Å²) in [4.78, 5) is 26.5. The number of likely N-dealkylation sites (tertiary alicyclic amines) is 1. The van der Waals surface area contributed by atoms with Gasteiger partial charge < -0.3 is 15.5 Å². The van der Waals surface area contributed by atoms with Crippen molar-refractivity contribution in [1.29, 1.82) is 0 Å². The van der Waals surface area contributed by atoms with Crippen molar-refractivity contribution < 1.29 is 9.59 Å². The van der Waals surface area contributed by atoms with Crippen LogP contribution >= 0.6 is 0 Å². The van der Waals surface area contributed by atoms with Crippen molar-refractivity contribution in [1.82, 2.24) is 15.5 Å². The number of hydrogen-bond donors (Lipinski definition) is 2. The first-order valence-electron chi connectivity index (χ1n) is 8.85. The molecule has 1 saturated carbocycles. The third-order valence-corrected chi connectivity index (χ3v) is 5.03. The number of likely N-dealkylation sites (N-methyl/N-ethyl adjacent to an activating group) is 1. The second-order valence-electron chi connectivity index (χ2n) is 6.92. The Labute approximate surface area is 134 Å². The number of piperidine rings is 1. The Morgan fingerprint density at radius 3 is 2.55 bits per heavy atom. The Kier molecular flexibility index (Phi) is 6.68. The molecule has 2 rings (SSSR count). The molecule has 2 atom stereocenters. The van der Waals surface area contributed by atoms with Crippen LogP contribution in [0.15, 0.2) is 0 Å². The van der Waals surface area contributed by atoms with Crippen molar-refractivity contribution >= 4 is 11.8 Å². The lowest BCUT2D eigenvalue weighted by Crippen LogP contribution is -2.48. The summed E-state index contributed by atoms with van der Waals surface area (Å²) in [7, 11) is 1.95. The quantitative estimate of drug-likeness (QED) is 0.812. The topological polar surface area (TPSA) is 61.4 Å². The first-order chi connectivity index (χ1) is 10.6. The summed E-state index contributed by atoms with van der Waals surface area (Å²) in [5.74, 6) is 0.470. The van der Waals surface area contributed by atoms with Gasteiger partial charge in [0.15, 0.2) is 0 Å². The van der Waals surface area contributed by atoms with Gasteiger partial charge in [-0.3, -0.25) is 9.59 Å². The van der Waals surface area contributed by atoms with Gasteiger partial charge in [0.05, 0.1) is 0 Å². The van der Waals surface area contributed by atoms with E-state index < -0.39 is 0 Å². The molecule has 22 heavy (non-hydrogen) atoms. The van der Waals surface area contributed by atoms with Crippen LogP contribution in [0.5, 0.6) is 0 Å². The second kappa shape index (κ2) is 8.51.